The number of carbonyl (C=O) groups is 3. The maximum absolute atomic E-state index is 15.0. The third-order valence-electron chi connectivity index (χ3n) is 5.49. The average Bonchev–Trinajstić information content (AvgIpc) is 3.15. The summed E-state index contributed by atoms with van der Waals surface area (Å²) in [6, 6.07) is 6.44. The van der Waals surface area contributed by atoms with Crippen LogP contribution in [-0.2, 0) is 14.3 Å². The molecular formula is C20H22Cl3F4N5O4. The molecule has 3 rings (SSSR count). The summed E-state index contributed by atoms with van der Waals surface area (Å²) in [5, 5.41) is 4.13. The maximum Gasteiger partial charge on any atom is 0.471 e. The standard InChI is InChI=1S/C20H22Cl3F4N5O4/c1-11(33)29-16(19(21,22)23)31-7-6-30(10-15(31)24)12-2-4-13(5-3-12)32-9-14(36-18(32)35)8-28-17(34)20(25,26)27/h2-5,14-16H,6-10H2,1H3,(H,28,34)(H,29,33)/t14?,15-,16?/m1/s1. The molecule has 2 N–H and O–H groups in total. The van der Waals surface area contributed by atoms with Crippen LogP contribution in [0.5, 0.6) is 0 Å². The summed E-state index contributed by atoms with van der Waals surface area (Å²) in [7, 11) is 0. The van der Waals surface area contributed by atoms with E-state index >= 15 is 4.39 Å². The average molecular weight is 579 g/mol. The molecule has 2 aliphatic rings. The van der Waals surface area contributed by atoms with Gasteiger partial charge in [0.15, 0.2) is 6.30 Å². The summed E-state index contributed by atoms with van der Waals surface area (Å²) in [6.07, 6.45) is -9.52. The number of ether oxygens (including phenoxy) is 1. The number of nitrogens with zero attached hydrogens (tertiary/aromatic N) is 3. The molecule has 0 aliphatic carbocycles. The number of hydrogen-bond acceptors (Lipinski definition) is 6. The summed E-state index contributed by atoms with van der Waals surface area (Å²) in [4.78, 5) is 38.8. The predicted molar refractivity (Wildman–Crippen MR) is 125 cm³/mol. The highest BCUT2D eigenvalue weighted by Crippen LogP contribution is 2.35. The van der Waals surface area contributed by atoms with E-state index < -0.39 is 53.0 Å². The van der Waals surface area contributed by atoms with E-state index in [0.29, 0.717) is 17.9 Å². The molecule has 3 atom stereocenters. The zero-order valence-corrected chi connectivity index (χ0v) is 21.0. The zero-order chi connectivity index (χ0) is 26.8. The van der Waals surface area contributed by atoms with Crippen molar-refractivity contribution in [3.05, 3.63) is 24.3 Å². The van der Waals surface area contributed by atoms with E-state index in [1.807, 2.05) is 0 Å². The Morgan fingerprint density at radius 2 is 1.72 bits per heavy atom. The highest BCUT2D eigenvalue weighted by Gasteiger charge is 2.43. The number of piperazine rings is 1. The quantitative estimate of drug-likeness (QED) is 0.306. The first-order valence-corrected chi connectivity index (χ1v) is 11.7. The van der Waals surface area contributed by atoms with Crippen LogP contribution < -0.4 is 20.4 Å². The highest BCUT2D eigenvalue weighted by molar-refractivity contribution is 6.68. The van der Waals surface area contributed by atoms with E-state index in [4.69, 9.17) is 39.5 Å². The first kappa shape index (κ1) is 28.4. The topological polar surface area (TPSA) is 94.2 Å². The molecule has 2 heterocycles. The number of amides is 3. The predicted octanol–water partition coefficient (Wildman–Crippen LogP) is 2.94. The van der Waals surface area contributed by atoms with Crippen molar-refractivity contribution in [1.29, 1.82) is 0 Å². The van der Waals surface area contributed by atoms with Gasteiger partial charge in [-0.3, -0.25) is 14.5 Å². The summed E-state index contributed by atoms with van der Waals surface area (Å²) >= 11 is 17.8. The number of hydrogen-bond donors (Lipinski definition) is 2. The van der Waals surface area contributed by atoms with Gasteiger partial charge in [-0.2, -0.15) is 13.2 Å². The fourth-order valence-corrected chi connectivity index (χ4v) is 4.35. The van der Waals surface area contributed by atoms with Gasteiger partial charge in [-0.05, 0) is 24.3 Å². The molecule has 0 saturated carbocycles. The van der Waals surface area contributed by atoms with Crippen molar-refractivity contribution in [2.45, 2.75) is 35.5 Å². The number of cyclic esters (lactones) is 1. The van der Waals surface area contributed by atoms with Crippen LogP contribution in [0.4, 0.5) is 33.7 Å². The van der Waals surface area contributed by atoms with E-state index in [9.17, 15) is 27.6 Å². The van der Waals surface area contributed by atoms with Crippen LogP contribution in [-0.4, -0.2) is 84.1 Å². The third kappa shape index (κ3) is 6.96. The van der Waals surface area contributed by atoms with Gasteiger partial charge in [0.05, 0.1) is 19.6 Å². The second-order valence-electron chi connectivity index (χ2n) is 8.10. The molecule has 36 heavy (non-hydrogen) atoms. The number of benzene rings is 1. The molecule has 0 aromatic heterocycles. The Morgan fingerprint density at radius 1 is 1.11 bits per heavy atom. The summed E-state index contributed by atoms with van der Waals surface area (Å²) < 4.78 is 55.1. The number of halogens is 7. The molecule has 2 unspecified atom stereocenters. The van der Waals surface area contributed by atoms with Crippen LogP contribution in [0.1, 0.15) is 6.92 Å². The molecule has 1 aromatic rings. The Kier molecular flexibility index (Phi) is 8.69. The molecule has 2 saturated heterocycles. The smallest absolute Gasteiger partial charge is 0.442 e. The van der Waals surface area contributed by atoms with Gasteiger partial charge in [0.2, 0.25) is 9.70 Å². The second kappa shape index (κ2) is 11.0. The first-order chi connectivity index (χ1) is 16.7. The van der Waals surface area contributed by atoms with Gasteiger partial charge in [0, 0.05) is 31.4 Å². The van der Waals surface area contributed by atoms with E-state index in [1.165, 1.54) is 16.7 Å². The molecule has 0 radical (unpaired) electrons. The minimum atomic E-state index is -5.03. The van der Waals surface area contributed by atoms with Crippen LogP contribution >= 0.6 is 34.8 Å². The third-order valence-corrected chi connectivity index (χ3v) is 6.11. The molecule has 3 amide bonds. The molecule has 1 aromatic carbocycles. The lowest BCUT2D eigenvalue weighted by atomic mass is 10.2. The van der Waals surface area contributed by atoms with Crippen LogP contribution in [0.15, 0.2) is 24.3 Å². The van der Waals surface area contributed by atoms with E-state index in [0.717, 1.165) is 0 Å². The highest BCUT2D eigenvalue weighted by atomic mass is 35.6. The fraction of sp³-hybridized carbons (Fsp3) is 0.550. The van der Waals surface area contributed by atoms with Crippen molar-refractivity contribution >= 4 is 64.1 Å². The monoisotopic (exact) mass is 577 g/mol. The SMILES string of the molecule is CC(=O)NC(N1CCN(c2ccc(N3CC(CNC(=O)C(F)(F)F)OC3=O)cc2)C[C@@H]1F)C(Cl)(Cl)Cl. The molecule has 2 aliphatic heterocycles. The normalized spacial score (nSPS) is 22.3. The molecule has 2 fully saturated rings. The number of alkyl halides is 7. The van der Waals surface area contributed by atoms with Crippen LogP contribution in [0.3, 0.4) is 0 Å². The Balaban J connectivity index is 1.60. The van der Waals surface area contributed by atoms with Crippen molar-refractivity contribution in [1.82, 2.24) is 15.5 Å². The minimum Gasteiger partial charge on any atom is -0.442 e. The van der Waals surface area contributed by atoms with Gasteiger partial charge in [0.25, 0.3) is 0 Å². The fourth-order valence-electron chi connectivity index (χ4n) is 3.81. The number of rotatable bonds is 6. The van der Waals surface area contributed by atoms with Gasteiger partial charge >= 0.3 is 18.2 Å². The Bertz CT molecular complexity index is 980. The van der Waals surface area contributed by atoms with Gasteiger partial charge < -0.3 is 20.3 Å². The Hall–Kier alpha value is -2.22. The second-order valence-corrected chi connectivity index (χ2v) is 10.5. The summed E-state index contributed by atoms with van der Waals surface area (Å²) in [5.74, 6) is -2.60. The van der Waals surface area contributed by atoms with Gasteiger partial charge in [0.1, 0.15) is 12.3 Å². The van der Waals surface area contributed by atoms with Crippen molar-refractivity contribution in [2.24, 2.45) is 0 Å². The largest absolute Gasteiger partial charge is 0.471 e. The first-order valence-electron chi connectivity index (χ1n) is 10.6. The van der Waals surface area contributed by atoms with Crippen molar-refractivity contribution < 1.29 is 36.7 Å². The molecule has 200 valence electrons. The lowest BCUT2D eigenvalue weighted by molar-refractivity contribution is -0.173. The van der Waals surface area contributed by atoms with E-state index in [1.54, 1.807) is 34.5 Å². The Labute approximate surface area is 218 Å². The Morgan fingerprint density at radius 3 is 2.25 bits per heavy atom. The van der Waals surface area contributed by atoms with Gasteiger partial charge in [-0.1, -0.05) is 34.8 Å². The van der Waals surface area contributed by atoms with E-state index in [-0.39, 0.29) is 19.6 Å². The lowest BCUT2D eigenvalue weighted by Crippen LogP contribution is -2.63. The molecule has 9 nitrogen and oxygen atoms in total. The van der Waals surface area contributed by atoms with Crippen molar-refractivity contribution in [2.75, 3.05) is 42.5 Å². The van der Waals surface area contributed by atoms with Gasteiger partial charge in [-0.15, -0.1) is 0 Å². The van der Waals surface area contributed by atoms with Crippen LogP contribution in [0, 0.1) is 0 Å². The molecule has 16 heteroatoms. The molecule has 0 bridgehead atoms. The van der Waals surface area contributed by atoms with E-state index in [2.05, 4.69) is 5.32 Å². The summed E-state index contributed by atoms with van der Waals surface area (Å²) in [5.41, 5.74) is 1.04. The number of nitrogens with one attached hydrogen (secondary N) is 2. The molecular weight excluding hydrogens is 557 g/mol. The van der Waals surface area contributed by atoms with Crippen LogP contribution in [0.2, 0.25) is 0 Å². The minimum absolute atomic E-state index is 0.0664. The van der Waals surface area contributed by atoms with Crippen molar-refractivity contribution in [3.8, 4) is 0 Å². The number of anilines is 2. The summed E-state index contributed by atoms with van der Waals surface area (Å²) in [6.45, 7) is 1.04. The molecule has 0 spiro atoms. The zero-order valence-electron chi connectivity index (χ0n) is 18.7. The van der Waals surface area contributed by atoms with Crippen molar-refractivity contribution in [3.63, 3.8) is 0 Å². The van der Waals surface area contributed by atoms with Gasteiger partial charge in [-0.25, -0.2) is 14.1 Å². The lowest BCUT2D eigenvalue weighted by Gasteiger charge is -2.44. The van der Waals surface area contributed by atoms with Crippen LogP contribution in [0.25, 0.3) is 0 Å². The maximum atomic E-state index is 15.0. The number of carbonyl (C=O) groups excluding carboxylic acids is 3.